The Morgan fingerprint density at radius 3 is 2.38 bits per heavy atom. The van der Waals surface area contributed by atoms with Crippen molar-refractivity contribution >= 4 is 46.2 Å². The third kappa shape index (κ3) is 5.07. The van der Waals surface area contributed by atoms with Gasteiger partial charge in [-0.2, -0.15) is 8.42 Å². The third-order valence-corrected chi connectivity index (χ3v) is 7.33. The molecule has 10 nitrogen and oxygen atoms in total. The van der Waals surface area contributed by atoms with Crippen LogP contribution in [0.25, 0.3) is 11.3 Å². The largest absolute Gasteiger partial charge is 0.397 e. The van der Waals surface area contributed by atoms with Crippen molar-refractivity contribution in [3.63, 3.8) is 0 Å². The maximum absolute atomic E-state index is 13.9. The number of hydrogen-bond donors (Lipinski definition) is 4. The second-order valence-corrected chi connectivity index (χ2v) is 10.3. The number of aliphatic hydroxyl groups is 2. The monoisotopic (exact) mass is 601 g/mol. The first-order valence-corrected chi connectivity index (χ1v) is 12.7. The molecule has 0 radical (unpaired) electrons. The summed E-state index contributed by atoms with van der Waals surface area (Å²) in [6.45, 7) is -0.796. The van der Waals surface area contributed by atoms with Crippen molar-refractivity contribution < 1.29 is 45.3 Å². The van der Waals surface area contributed by atoms with E-state index >= 15 is 0 Å². The summed E-state index contributed by atoms with van der Waals surface area (Å²) >= 11 is 16.4. The zero-order valence-corrected chi connectivity index (χ0v) is 21.3. The van der Waals surface area contributed by atoms with Crippen LogP contribution in [-0.4, -0.2) is 68.5 Å². The maximum Gasteiger partial charge on any atom is 0.397 e. The van der Waals surface area contributed by atoms with E-state index in [1.54, 1.807) is 0 Å². The summed E-state index contributed by atoms with van der Waals surface area (Å²) in [5.74, 6) is -4.75. The molecular weight excluding hydrogens is 586 g/mol. The van der Waals surface area contributed by atoms with E-state index in [0.29, 0.717) is 12.1 Å². The van der Waals surface area contributed by atoms with Crippen molar-refractivity contribution in [1.29, 1.82) is 0 Å². The molecule has 1 saturated heterocycles. The Hall–Kier alpha value is -1.95. The molecule has 3 N–H and O–H groups in total. The highest BCUT2D eigenvalue weighted by Crippen LogP contribution is 2.46. The lowest BCUT2D eigenvalue weighted by molar-refractivity contribution is -0.199. The highest BCUT2D eigenvalue weighted by Gasteiger charge is 2.61. The lowest BCUT2D eigenvalue weighted by atomic mass is 9.75. The summed E-state index contributed by atoms with van der Waals surface area (Å²) in [6, 6.07) is 5.13. The first-order valence-electron chi connectivity index (χ1n) is 10.1. The van der Waals surface area contributed by atoms with Crippen LogP contribution in [0.3, 0.4) is 0 Å². The number of halogens is 5. The minimum absolute atomic E-state index is 0.0169. The molecule has 2 heterocycles. The fourth-order valence-corrected chi connectivity index (χ4v) is 5.48. The van der Waals surface area contributed by atoms with Gasteiger partial charge in [-0.25, -0.2) is 22.0 Å². The number of aromatic nitrogens is 3. The lowest BCUT2D eigenvalue weighted by Gasteiger charge is -2.50. The van der Waals surface area contributed by atoms with Crippen molar-refractivity contribution in [2.24, 2.45) is 0 Å². The van der Waals surface area contributed by atoms with Gasteiger partial charge in [0.1, 0.15) is 35.0 Å². The van der Waals surface area contributed by atoms with Gasteiger partial charge in [-0.3, -0.25) is 4.55 Å². The van der Waals surface area contributed by atoms with E-state index in [2.05, 4.69) is 22.9 Å². The summed E-state index contributed by atoms with van der Waals surface area (Å²) in [5.41, 5.74) is -4.27. The molecule has 0 amide bonds. The topological polar surface area (TPSA) is 144 Å². The molecule has 1 aromatic heterocycles. The van der Waals surface area contributed by atoms with E-state index in [1.807, 2.05) is 0 Å². The number of ether oxygens (including phenoxy) is 1. The molecule has 0 unspecified atom stereocenters. The number of aliphatic hydroxyl groups excluding tert-OH is 2. The second-order valence-electron chi connectivity index (χ2n) is 7.89. The van der Waals surface area contributed by atoms with E-state index in [9.17, 15) is 36.4 Å². The maximum atomic E-state index is 13.9. The molecular formula is C20H16Cl2F3N3O7S2. The standard InChI is InChI=1S/C20H16Cl2F3N3O7S2/c21-10-2-1-9(5-11(10)22)20(17(30)15(7-29)34-19(36)18(20)35-37(31,32)33)28-6-14(26-27-28)8-3-12(23)16(25)13(24)4-8/h1-6,15,17-19,29-30,36H,7H2,(H,31,32,33)/t15-,17+,18+,19-,20+/m0/s1. The van der Waals surface area contributed by atoms with Crippen molar-refractivity contribution in [2.75, 3.05) is 6.61 Å². The normalized spacial score (nSPS) is 26.4. The van der Waals surface area contributed by atoms with Crippen LogP contribution < -0.4 is 0 Å². The van der Waals surface area contributed by atoms with Crippen molar-refractivity contribution in [3.05, 3.63) is 69.6 Å². The fraction of sp³-hybridized carbons (Fsp3) is 0.300. The zero-order valence-electron chi connectivity index (χ0n) is 18.0. The molecule has 0 aliphatic carbocycles. The predicted molar refractivity (Wildman–Crippen MR) is 126 cm³/mol. The second kappa shape index (κ2) is 10.3. The Morgan fingerprint density at radius 1 is 1.16 bits per heavy atom. The van der Waals surface area contributed by atoms with Crippen LogP contribution in [0, 0.1) is 17.5 Å². The molecule has 0 spiro atoms. The molecule has 5 atom stereocenters. The van der Waals surface area contributed by atoms with Gasteiger partial charge in [0, 0.05) is 5.56 Å². The molecule has 2 aromatic carbocycles. The predicted octanol–water partition coefficient (Wildman–Crippen LogP) is 2.61. The smallest absolute Gasteiger partial charge is 0.394 e. The molecule has 1 aliphatic rings. The molecule has 1 fully saturated rings. The van der Waals surface area contributed by atoms with Crippen molar-refractivity contribution in [1.82, 2.24) is 15.0 Å². The molecule has 4 rings (SSSR count). The van der Waals surface area contributed by atoms with Crippen LogP contribution in [-0.2, 0) is 24.9 Å². The fourth-order valence-electron chi connectivity index (χ4n) is 4.15. The van der Waals surface area contributed by atoms with E-state index < -0.39 is 63.7 Å². The Morgan fingerprint density at radius 2 is 1.81 bits per heavy atom. The van der Waals surface area contributed by atoms with Crippen LogP contribution in [0.2, 0.25) is 10.0 Å². The number of benzene rings is 2. The van der Waals surface area contributed by atoms with Gasteiger partial charge < -0.3 is 14.9 Å². The molecule has 17 heteroatoms. The molecule has 200 valence electrons. The van der Waals surface area contributed by atoms with Gasteiger partial charge in [0.05, 0.1) is 22.8 Å². The van der Waals surface area contributed by atoms with Crippen molar-refractivity contribution in [3.8, 4) is 11.3 Å². The Labute approximate surface area is 222 Å². The first-order chi connectivity index (χ1) is 17.3. The van der Waals surface area contributed by atoms with Crippen molar-refractivity contribution in [2.45, 2.75) is 29.3 Å². The molecule has 0 bridgehead atoms. The van der Waals surface area contributed by atoms with E-state index in [-0.39, 0.29) is 26.9 Å². The van der Waals surface area contributed by atoms with Gasteiger partial charge in [-0.05, 0) is 29.8 Å². The lowest BCUT2D eigenvalue weighted by Crippen LogP contribution is -2.68. The number of thiol groups is 1. The molecule has 0 saturated carbocycles. The Kier molecular flexibility index (Phi) is 7.82. The number of nitrogens with zero attached hydrogens (tertiary/aromatic N) is 3. The first kappa shape index (κ1) is 28.1. The van der Waals surface area contributed by atoms with Gasteiger partial charge in [0.25, 0.3) is 0 Å². The summed E-state index contributed by atoms with van der Waals surface area (Å²) in [7, 11) is -5.23. The van der Waals surface area contributed by atoms with Crippen LogP contribution in [0.1, 0.15) is 5.56 Å². The van der Waals surface area contributed by atoms with Crippen LogP contribution in [0.5, 0.6) is 0 Å². The van der Waals surface area contributed by atoms with Crippen LogP contribution in [0.4, 0.5) is 13.2 Å². The van der Waals surface area contributed by atoms with Crippen LogP contribution in [0.15, 0.2) is 36.5 Å². The van der Waals surface area contributed by atoms with E-state index in [1.165, 1.54) is 18.2 Å². The zero-order chi connectivity index (χ0) is 27.3. The van der Waals surface area contributed by atoms with Gasteiger partial charge in [-0.1, -0.05) is 34.5 Å². The minimum Gasteiger partial charge on any atom is -0.394 e. The summed E-state index contributed by atoms with van der Waals surface area (Å²) in [5, 5.41) is 29.0. The summed E-state index contributed by atoms with van der Waals surface area (Å²) in [4.78, 5) is 0. The van der Waals surface area contributed by atoms with E-state index in [0.717, 1.165) is 10.9 Å². The summed E-state index contributed by atoms with van der Waals surface area (Å²) < 4.78 is 85.5. The number of hydrogen-bond acceptors (Lipinski definition) is 9. The molecule has 3 aromatic rings. The molecule has 37 heavy (non-hydrogen) atoms. The van der Waals surface area contributed by atoms with Gasteiger partial charge in [0.2, 0.25) is 0 Å². The molecule has 1 aliphatic heterocycles. The number of rotatable bonds is 6. The van der Waals surface area contributed by atoms with Gasteiger partial charge in [0.15, 0.2) is 17.5 Å². The van der Waals surface area contributed by atoms with Gasteiger partial charge in [-0.15, -0.1) is 17.7 Å². The minimum atomic E-state index is -5.23. The Balaban J connectivity index is 2.02. The van der Waals surface area contributed by atoms with E-state index in [4.69, 9.17) is 32.1 Å². The Bertz CT molecular complexity index is 1430. The highest BCUT2D eigenvalue weighted by atomic mass is 35.5. The third-order valence-electron chi connectivity index (χ3n) is 5.75. The highest BCUT2D eigenvalue weighted by molar-refractivity contribution is 7.81. The SMILES string of the molecule is O=S(=O)(O)O[C@@H]1[C@H](S)O[C@@H](CO)[C@@H](O)[C@@]1(c1ccc(Cl)c(Cl)c1)n1cc(-c2cc(F)c(F)c(F)c2)nn1. The average Bonchev–Trinajstić information content (AvgIpc) is 3.31. The van der Waals surface area contributed by atoms with Gasteiger partial charge >= 0.3 is 10.4 Å². The summed E-state index contributed by atoms with van der Waals surface area (Å²) in [6.07, 6.45) is -4.18. The average molecular weight is 602 g/mol. The quantitative estimate of drug-likeness (QED) is 0.190. The van der Waals surface area contributed by atoms with Crippen LogP contribution >= 0.6 is 35.8 Å².